The van der Waals surface area contributed by atoms with E-state index in [-0.39, 0.29) is 36.4 Å². The summed E-state index contributed by atoms with van der Waals surface area (Å²) in [5.74, 6) is -0.685. The Bertz CT molecular complexity index is 1020. The van der Waals surface area contributed by atoms with Crippen LogP contribution in [0.25, 0.3) is 5.52 Å². The lowest BCUT2D eigenvalue weighted by Crippen LogP contribution is -2.39. The largest absolute Gasteiger partial charge is 0.359 e. The van der Waals surface area contributed by atoms with Gasteiger partial charge in [-0.05, 0) is 37.8 Å². The van der Waals surface area contributed by atoms with Crippen LogP contribution in [0.4, 0.5) is 5.69 Å². The lowest BCUT2D eigenvalue weighted by Gasteiger charge is -2.28. The van der Waals surface area contributed by atoms with Gasteiger partial charge in [-0.3, -0.25) is 14.7 Å². The second kappa shape index (κ2) is 9.06. The van der Waals surface area contributed by atoms with Gasteiger partial charge in [0.2, 0.25) is 0 Å². The van der Waals surface area contributed by atoms with Gasteiger partial charge in [0.05, 0.1) is 29.1 Å². The molecule has 0 unspecified atom stereocenters. The van der Waals surface area contributed by atoms with Gasteiger partial charge in [0.25, 0.3) is 11.8 Å². The molecule has 3 aromatic rings. The Kier molecular flexibility index (Phi) is 6.05. The van der Waals surface area contributed by atoms with Crippen molar-refractivity contribution >= 4 is 23.0 Å². The van der Waals surface area contributed by atoms with E-state index < -0.39 is 0 Å². The predicted molar refractivity (Wildman–Crippen MR) is 108 cm³/mol. The van der Waals surface area contributed by atoms with Crippen LogP contribution in [0.1, 0.15) is 46.5 Å². The van der Waals surface area contributed by atoms with Crippen molar-refractivity contribution in [2.45, 2.75) is 37.8 Å². The molecule has 0 radical (unpaired) electrons. The van der Waals surface area contributed by atoms with Crippen molar-refractivity contribution in [2.75, 3.05) is 19.2 Å². The van der Waals surface area contributed by atoms with Crippen molar-refractivity contribution in [1.82, 2.24) is 25.1 Å². The van der Waals surface area contributed by atoms with Crippen LogP contribution in [0.15, 0.2) is 36.8 Å². The first-order valence-electron chi connectivity index (χ1n) is 9.84. The van der Waals surface area contributed by atoms with Gasteiger partial charge in [-0.15, -0.1) is 0 Å². The van der Waals surface area contributed by atoms with E-state index in [4.69, 9.17) is 9.47 Å². The summed E-state index contributed by atoms with van der Waals surface area (Å²) in [4.78, 5) is 25.4. The molecule has 0 aromatic carbocycles. The number of ether oxygens (including phenoxy) is 2. The Labute approximate surface area is 172 Å². The Morgan fingerprint density at radius 3 is 2.87 bits per heavy atom. The smallest absolute Gasteiger partial charge is 0.274 e. The quantitative estimate of drug-likeness (QED) is 0.510. The number of anilines is 1. The summed E-state index contributed by atoms with van der Waals surface area (Å²) in [7, 11) is 1.60. The first kappa shape index (κ1) is 20.0. The number of amides is 2. The van der Waals surface area contributed by atoms with Crippen LogP contribution in [-0.2, 0) is 9.47 Å². The van der Waals surface area contributed by atoms with Gasteiger partial charge in [0.15, 0.2) is 5.69 Å². The lowest BCUT2D eigenvalue weighted by molar-refractivity contribution is -0.0837. The number of carbonyl (C=O) groups excluding carboxylic acids is 2. The maximum absolute atomic E-state index is 12.7. The molecule has 0 aliphatic heterocycles. The number of H-pyrrole nitrogens is 1. The van der Waals surface area contributed by atoms with Crippen LogP contribution in [0.3, 0.4) is 0 Å². The molecule has 0 atom stereocenters. The third-order valence-corrected chi connectivity index (χ3v) is 5.21. The fraction of sp³-hybridized carbons (Fsp3) is 0.400. The van der Waals surface area contributed by atoms with E-state index in [2.05, 4.69) is 25.9 Å². The SMILES string of the molecule is COCO[C@H]1CC[C@H](NC(=O)c2n[nH]cc2NC(=O)c2cnn3ccccc23)CC1. The number of rotatable bonds is 7. The molecule has 30 heavy (non-hydrogen) atoms. The van der Waals surface area contributed by atoms with Crippen LogP contribution in [0.5, 0.6) is 0 Å². The molecule has 0 spiro atoms. The molecule has 2 amide bonds. The van der Waals surface area contributed by atoms with E-state index in [1.807, 2.05) is 12.1 Å². The molecule has 10 nitrogen and oxygen atoms in total. The summed E-state index contributed by atoms with van der Waals surface area (Å²) in [6, 6.07) is 5.51. The lowest BCUT2D eigenvalue weighted by atomic mass is 9.93. The molecule has 0 saturated heterocycles. The molecule has 1 aliphatic carbocycles. The number of pyridine rings is 1. The molecule has 3 heterocycles. The minimum absolute atomic E-state index is 0.0414. The predicted octanol–water partition coefficient (Wildman–Crippen LogP) is 1.97. The maximum atomic E-state index is 12.7. The van der Waals surface area contributed by atoms with Crippen LogP contribution < -0.4 is 10.6 Å². The highest BCUT2D eigenvalue weighted by molar-refractivity contribution is 6.11. The highest BCUT2D eigenvalue weighted by Crippen LogP contribution is 2.22. The van der Waals surface area contributed by atoms with Gasteiger partial charge in [-0.1, -0.05) is 6.07 Å². The average molecular weight is 412 g/mol. The normalized spacial score (nSPS) is 19.0. The van der Waals surface area contributed by atoms with E-state index in [1.54, 1.807) is 23.9 Å². The first-order valence-corrected chi connectivity index (χ1v) is 9.84. The summed E-state index contributed by atoms with van der Waals surface area (Å²) in [6.45, 7) is 0.282. The average Bonchev–Trinajstić information content (AvgIpc) is 3.40. The summed E-state index contributed by atoms with van der Waals surface area (Å²) in [5, 5.41) is 16.6. The van der Waals surface area contributed by atoms with E-state index in [9.17, 15) is 9.59 Å². The zero-order valence-corrected chi connectivity index (χ0v) is 16.6. The van der Waals surface area contributed by atoms with E-state index in [1.165, 1.54) is 12.4 Å². The molecule has 1 aliphatic rings. The molecule has 10 heteroatoms. The zero-order valence-electron chi connectivity index (χ0n) is 16.6. The number of carbonyl (C=O) groups is 2. The van der Waals surface area contributed by atoms with Crippen LogP contribution in [0.2, 0.25) is 0 Å². The highest BCUT2D eigenvalue weighted by Gasteiger charge is 2.25. The van der Waals surface area contributed by atoms with Crippen molar-refractivity contribution in [1.29, 1.82) is 0 Å². The van der Waals surface area contributed by atoms with Crippen molar-refractivity contribution in [2.24, 2.45) is 0 Å². The maximum Gasteiger partial charge on any atom is 0.274 e. The number of aromatic nitrogens is 4. The standard InChI is InChI=1S/C20H24N6O4/c1-29-12-30-14-7-5-13(6-8-14)23-20(28)18-16(11-21-25-18)24-19(27)15-10-22-26-9-3-2-4-17(15)26/h2-4,9-11,13-14H,5-8,12H2,1H3,(H,21,25)(H,23,28)(H,24,27)/t13-,14-. The zero-order chi connectivity index (χ0) is 20.9. The minimum atomic E-state index is -0.359. The summed E-state index contributed by atoms with van der Waals surface area (Å²) >= 11 is 0. The Morgan fingerprint density at radius 2 is 2.07 bits per heavy atom. The topological polar surface area (TPSA) is 123 Å². The number of fused-ring (bicyclic) bond motifs is 1. The number of methoxy groups -OCH3 is 1. The highest BCUT2D eigenvalue weighted by atomic mass is 16.7. The second-order valence-corrected chi connectivity index (χ2v) is 7.21. The molecule has 158 valence electrons. The Morgan fingerprint density at radius 1 is 1.23 bits per heavy atom. The van der Waals surface area contributed by atoms with Gasteiger partial charge in [-0.2, -0.15) is 10.2 Å². The second-order valence-electron chi connectivity index (χ2n) is 7.21. The molecular weight excluding hydrogens is 388 g/mol. The van der Waals surface area contributed by atoms with Gasteiger partial charge >= 0.3 is 0 Å². The minimum Gasteiger partial charge on any atom is -0.359 e. The van der Waals surface area contributed by atoms with E-state index in [0.717, 1.165) is 25.7 Å². The molecule has 3 N–H and O–H groups in total. The fourth-order valence-corrected chi connectivity index (χ4v) is 3.65. The van der Waals surface area contributed by atoms with Crippen molar-refractivity contribution in [3.8, 4) is 0 Å². The fourth-order valence-electron chi connectivity index (χ4n) is 3.65. The Hall–Kier alpha value is -3.24. The van der Waals surface area contributed by atoms with Gasteiger partial charge in [0, 0.05) is 25.5 Å². The first-order chi connectivity index (χ1) is 14.7. The van der Waals surface area contributed by atoms with Crippen molar-refractivity contribution in [3.05, 3.63) is 48.0 Å². The summed E-state index contributed by atoms with van der Waals surface area (Å²) in [6.07, 6.45) is 8.24. The number of nitrogens with zero attached hydrogens (tertiary/aromatic N) is 3. The van der Waals surface area contributed by atoms with Crippen molar-refractivity contribution < 1.29 is 19.1 Å². The van der Waals surface area contributed by atoms with Gasteiger partial charge < -0.3 is 20.1 Å². The number of hydrogen-bond acceptors (Lipinski definition) is 6. The van der Waals surface area contributed by atoms with E-state index in [0.29, 0.717) is 16.8 Å². The third-order valence-electron chi connectivity index (χ3n) is 5.21. The van der Waals surface area contributed by atoms with Crippen LogP contribution in [-0.4, -0.2) is 57.7 Å². The molecular formula is C20H24N6O4. The molecule has 0 bridgehead atoms. The van der Waals surface area contributed by atoms with E-state index >= 15 is 0 Å². The number of hydrogen-bond donors (Lipinski definition) is 3. The summed E-state index contributed by atoms with van der Waals surface area (Å²) < 4.78 is 12.1. The monoisotopic (exact) mass is 412 g/mol. The molecule has 4 rings (SSSR count). The molecule has 1 fully saturated rings. The van der Waals surface area contributed by atoms with Crippen molar-refractivity contribution in [3.63, 3.8) is 0 Å². The third kappa shape index (κ3) is 4.34. The van der Waals surface area contributed by atoms with Gasteiger partial charge in [0.1, 0.15) is 6.79 Å². The molecule has 3 aromatic heterocycles. The molecule has 1 saturated carbocycles. The number of aromatic amines is 1. The van der Waals surface area contributed by atoms with Gasteiger partial charge in [-0.25, -0.2) is 4.52 Å². The van der Waals surface area contributed by atoms with Crippen LogP contribution in [0, 0.1) is 0 Å². The van der Waals surface area contributed by atoms with Crippen LogP contribution >= 0.6 is 0 Å². The Balaban J connectivity index is 1.37. The number of nitrogens with one attached hydrogen (secondary N) is 3. The summed E-state index contributed by atoms with van der Waals surface area (Å²) in [5.41, 5.74) is 1.57.